The molecule has 3 aromatic rings. The lowest BCUT2D eigenvalue weighted by molar-refractivity contribution is -0.117. The molecular formula is C27H32N2O4S. The largest absolute Gasteiger partial charge is 0.497 e. The van der Waals surface area contributed by atoms with E-state index in [-0.39, 0.29) is 17.2 Å². The first-order chi connectivity index (χ1) is 16.3. The quantitative estimate of drug-likeness (QED) is 0.397. The fourth-order valence-electron chi connectivity index (χ4n) is 3.73. The average Bonchev–Trinajstić information content (AvgIpc) is 2.87. The molecule has 6 nitrogen and oxygen atoms in total. The van der Waals surface area contributed by atoms with Crippen LogP contribution in [-0.4, -0.2) is 32.8 Å². The number of amides is 1. The Kier molecular flexibility index (Phi) is 8.85. The molecule has 180 valence electrons. The first-order valence-corrected chi connectivity index (χ1v) is 12.8. The smallest absolute Gasteiger partial charge is 0.243 e. The number of hydrogen-bond donors (Lipinski definition) is 1. The minimum atomic E-state index is -3.81. The molecule has 0 aliphatic heterocycles. The van der Waals surface area contributed by atoms with Crippen LogP contribution in [0.3, 0.4) is 0 Å². The van der Waals surface area contributed by atoms with Gasteiger partial charge in [0.2, 0.25) is 15.9 Å². The van der Waals surface area contributed by atoms with E-state index in [2.05, 4.69) is 12.2 Å². The zero-order chi connectivity index (χ0) is 24.6. The topological polar surface area (TPSA) is 75.7 Å². The van der Waals surface area contributed by atoms with Crippen molar-refractivity contribution in [3.05, 3.63) is 90.0 Å². The van der Waals surface area contributed by atoms with Crippen molar-refractivity contribution in [3.8, 4) is 5.75 Å². The van der Waals surface area contributed by atoms with E-state index < -0.39 is 16.1 Å². The van der Waals surface area contributed by atoms with Gasteiger partial charge in [-0.3, -0.25) is 4.79 Å². The molecule has 0 radical (unpaired) electrons. The van der Waals surface area contributed by atoms with Gasteiger partial charge in [-0.15, -0.1) is 0 Å². The predicted octanol–water partition coefficient (Wildman–Crippen LogP) is 5.43. The Labute approximate surface area is 202 Å². The summed E-state index contributed by atoms with van der Waals surface area (Å²) in [5, 5.41) is 2.91. The van der Waals surface area contributed by atoms with Crippen LogP contribution < -0.4 is 10.1 Å². The van der Waals surface area contributed by atoms with Gasteiger partial charge in [0, 0.05) is 19.2 Å². The predicted molar refractivity (Wildman–Crippen MR) is 135 cm³/mol. The minimum Gasteiger partial charge on any atom is -0.497 e. The van der Waals surface area contributed by atoms with Gasteiger partial charge in [0.1, 0.15) is 5.75 Å². The van der Waals surface area contributed by atoms with Gasteiger partial charge in [-0.1, -0.05) is 55.8 Å². The molecule has 34 heavy (non-hydrogen) atoms. The van der Waals surface area contributed by atoms with Crippen LogP contribution in [0.1, 0.15) is 43.4 Å². The molecule has 0 aliphatic rings. The fourth-order valence-corrected chi connectivity index (χ4v) is 5.10. The summed E-state index contributed by atoms with van der Waals surface area (Å²) in [4.78, 5) is 13.2. The zero-order valence-corrected chi connectivity index (χ0v) is 20.7. The van der Waals surface area contributed by atoms with Crippen molar-refractivity contribution in [1.29, 1.82) is 0 Å². The Morgan fingerprint density at radius 3 is 2.21 bits per heavy atom. The van der Waals surface area contributed by atoms with Crippen LogP contribution >= 0.6 is 0 Å². The number of carbonyl (C=O) groups is 1. The van der Waals surface area contributed by atoms with Crippen molar-refractivity contribution < 1.29 is 17.9 Å². The lowest BCUT2D eigenvalue weighted by atomic mass is 10.0. The second-order valence-corrected chi connectivity index (χ2v) is 10.2. The molecule has 0 fully saturated rings. The highest BCUT2D eigenvalue weighted by Crippen LogP contribution is 2.30. The number of aryl methyl sites for hydroxylation is 1. The third-order valence-electron chi connectivity index (χ3n) is 5.80. The lowest BCUT2D eigenvalue weighted by Gasteiger charge is -2.28. The second-order valence-electron chi connectivity index (χ2n) is 8.18. The molecule has 0 unspecified atom stereocenters. The van der Waals surface area contributed by atoms with E-state index in [1.807, 2.05) is 24.3 Å². The average molecular weight is 481 g/mol. The van der Waals surface area contributed by atoms with E-state index in [0.717, 1.165) is 19.3 Å². The van der Waals surface area contributed by atoms with Gasteiger partial charge in [0.05, 0.1) is 18.0 Å². The highest BCUT2D eigenvalue weighted by molar-refractivity contribution is 7.89. The van der Waals surface area contributed by atoms with Crippen LogP contribution in [0.2, 0.25) is 0 Å². The van der Waals surface area contributed by atoms with E-state index in [4.69, 9.17) is 4.74 Å². The molecule has 7 heteroatoms. The van der Waals surface area contributed by atoms with Crippen LogP contribution in [0.4, 0.5) is 5.69 Å². The maximum atomic E-state index is 13.3. The van der Waals surface area contributed by atoms with Crippen LogP contribution in [0.5, 0.6) is 5.75 Å². The van der Waals surface area contributed by atoms with E-state index >= 15 is 0 Å². The van der Waals surface area contributed by atoms with E-state index in [1.165, 1.54) is 16.9 Å². The number of benzene rings is 3. The van der Waals surface area contributed by atoms with Crippen molar-refractivity contribution in [1.82, 2.24) is 4.31 Å². The van der Waals surface area contributed by atoms with Crippen molar-refractivity contribution in [2.75, 3.05) is 19.5 Å². The molecule has 0 saturated carbocycles. The summed E-state index contributed by atoms with van der Waals surface area (Å²) in [6.07, 6.45) is 3.22. The highest BCUT2D eigenvalue weighted by Gasteiger charge is 2.31. The number of sulfonamides is 1. The third kappa shape index (κ3) is 6.46. The van der Waals surface area contributed by atoms with Gasteiger partial charge in [-0.25, -0.2) is 8.42 Å². The summed E-state index contributed by atoms with van der Waals surface area (Å²) in [5.74, 6) is 0.390. The second kappa shape index (κ2) is 11.8. The molecule has 0 spiro atoms. The summed E-state index contributed by atoms with van der Waals surface area (Å²) >= 11 is 0. The summed E-state index contributed by atoms with van der Waals surface area (Å²) < 4.78 is 33.1. The van der Waals surface area contributed by atoms with Crippen molar-refractivity contribution in [2.24, 2.45) is 0 Å². The number of unbranched alkanes of at least 4 members (excludes halogenated alkanes) is 1. The highest BCUT2D eigenvalue weighted by atomic mass is 32.2. The zero-order valence-electron chi connectivity index (χ0n) is 19.9. The van der Waals surface area contributed by atoms with Crippen LogP contribution in [0, 0.1) is 0 Å². The molecule has 0 bridgehead atoms. The molecule has 0 saturated heterocycles. The number of ether oxygens (including phenoxy) is 1. The van der Waals surface area contributed by atoms with Crippen molar-refractivity contribution in [2.45, 2.75) is 43.5 Å². The van der Waals surface area contributed by atoms with Gasteiger partial charge in [0.15, 0.2) is 0 Å². The van der Waals surface area contributed by atoms with Crippen LogP contribution in [0.25, 0.3) is 0 Å². The molecule has 0 heterocycles. The van der Waals surface area contributed by atoms with Crippen LogP contribution in [0.15, 0.2) is 83.8 Å². The summed E-state index contributed by atoms with van der Waals surface area (Å²) in [6.45, 7) is 2.16. The number of carbonyl (C=O) groups excluding carboxylic acids is 1. The standard InChI is InChI=1S/C27H32N2O4S/c1-4-5-9-21-12-16-23(17-13-21)28-27(30)20-26(22-14-18-24(33-3)19-15-22)29(2)34(31,32)25-10-7-6-8-11-25/h6-8,10-19,26H,4-5,9,20H2,1-3H3,(H,28,30)/t26-/m0/s1. The Bertz CT molecular complexity index is 1160. The Hall–Kier alpha value is -3.16. The maximum Gasteiger partial charge on any atom is 0.243 e. The number of nitrogens with zero attached hydrogens (tertiary/aromatic N) is 1. The molecular weight excluding hydrogens is 448 g/mol. The van der Waals surface area contributed by atoms with Gasteiger partial charge >= 0.3 is 0 Å². The SMILES string of the molecule is CCCCc1ccc(NC(=O)C[C@@H](c2ccc(OC)cc2)N(C)S(=O)(=O)c2ccccc2)cc1. The molecule has 3 aromatic carbocycles. The molecule has 0 aromatic heterocycles. The number of nitrogens with one attached hydrogen (secondary N) is 1. The molecule has 1 amide bonds. The Morgan fingerprint density at radius 2 is 1.62 bits per heavy atom. The molecule has 3 rings (SSSR count). The number of hydrogen-bond acceptors (Lipinski definition) is 4. The number of methoxy groups -OCH3 is 1. The summed E-state index contributed by atoms with van der Waals surface area (Å²) in [5.41, 5.74) is 2.62. The summed E-state index contributed by atoms with van der Waals surface area (Å²) in [7, 11) is -0.737. The number of rotatable bonds is 11. The normalized spacial score (nSPS) is 12.4. The molecule has 1 atom stereocenters. The maximum absolute atomic E-state index is 13.3. The first kappa shape index (κ1) is 25.5. The molecule has 0 aliphatic carbocycles. The minimum absolute atomic E-state index is 0.0352. The monoisotopic (exact) mass is 480 g/mol. The third-order valence-corrected chi connectivity index (χ3v) is 7.68. The lowest BCUT2D eigenvalue weighted by Crippen LogP contribution is -2.33. The van der Waals surface area contributed by atoms with Crippen molar-refractivity contribution >= 4 is 21.6 Å². The Balaban J connectivity index is 1.82. The Morgan fingerprint density at radius 1 is 0.971 bits per heavy atom. The van der Waals surface area contributed by atoms with Gasteiger partial charge in [0.25, 0.3) is 0 Å². The fraction of sp³-hybridized carbons (Fsp3) is 0.296. The van der Waals surface area contributed by atoms with Crippen molar-refractivity contribution in [3.63, 3.8) is 0 Å². The van der Waals surface area contributed by atoms with Gasteiger partial charge in [-0.2, -0.15) is 4.31 Å². The first-order valence-electron chi connectivity index (χ1n) is 11.4. The van der Waals surface area contributed by atoms with Gasteiger partial charge in [-0.05, 0) is 60.4 Å². The molecule has 1 N–H and O–H groups in total. The number of anilines is 1. The van der Waals surface area contributed by atoms with Gasteiger partial charge < -0.3 is 10.1 Å². The van der Waals surface area contributed by atoms with E-state index in [0.29, 0.717) is 17.0 Å². The summed E-state index contributed by atoms with van der Waals surface area (Å²) in [6, 6.07) is 22.4. The van der Waals surface area contributed by atoms with Crippen LogP contribution in [-0.2, 0) is 21.2 Å². The van der Waals surface area contributed by atoms with E-state index in [1.54, 1.807) is 61.7 Å². The van der Waals surface area contributed by atoms with E-state index in [9.17, 15) is 13.2 Å².